The van der Waals surface area contributed by atoms with Gasteiger partial charge in [0.25, 0.3) is 0 Å². The van der Waals surface area contributed by atoms with E-state index >= 15 is 0 Å². The van der Waals surface area contributed by atoms with Gasteiger partial charge in [0.2, 0.25) is 5.79 Å². The summed E-state index contributed by atoms with van der Waals surface area (Å²) in [6.45, 7) is 4.90. The smallest absolute Gasteiger partial charge is 0.246 e. The molecular weight excluding hydrogens is 250 g/mol. The minimum Gasteiger partial charge on any atom is -0.449 e. The van der Waals surface area contributed by atoms with Gasteiger partial charge in [-0.2, -0.15) is 0 Å². The van der Waals surface area contributed by atoms with Crippen molar-refractivity contribution in [3.63, 3.8) is 0 Å². The quantitative estimate of drug-likeness (QED) is 0.893. The SMILES string of the molecule is CC1(C)Oc2cc(CC3CCCN3)cc(Cl)c2O1. The molecule has 1 aromatic rings. The molecule has 2 aliphatic heterocycles. The van der Waals surface area contributed by atoms with Gasteiger partial charge in [0.05, 0.1) is 5.02 Å². The highest BCUT2D eigenvalue weighted by molar-refractivity contribution is 6.32. The fourth-order valence-corrected chi connectivity index (χ4v) is 2.93. The van der Waals surface area contributed by atoms with E-state index in [9.17, 15) is 0 Å². The van der Waals surface area contributed by atoms with Crippen LogP contribution >= 0.6 is 11.6 Å². The van der Waals surface area contributed by atoms with E-state index in [1.165, 1.54) is 18.4 Å². The zero-order chi connectivity index (χ0) is 12.8. The number of hydrogen-bond acceptors (Lipinski definition) is 3. The molecule has 1 fully saturated rings. The van der Waals surface area contributed by atoms with Crippen molar-refractivity contribution in [2.75, 3.05) is 6.54 Å². The zero-order valence-corrected chi connectivity index (χ0v) is 11.5. The Morgan fingerprint density at radius 3 is 2.94 bits per heavy atom. The van der Waals surface area contributed by atoms with Crippen LogP contribution in [0.2, 0.25) is 5.02 Å². The monoisotopic (exact) mass is 267 g/mol. The van der Waals surface area contributed by atoms with Crippen LogP contribution in [0, 0.1) is 0 Å². The van der Waals surface area contributed by atoms with Crippen LogP contribution in [0.4, 0.5) is 0 Å². The summed E-state index contributed by atoms with van der Waals surface area (Å²) >= 11 is 6.26. The molecule has 3 rings (SSSR count). The first-order chi connectivity index (χ1) is 8.53. The van der Waals surface area contributed by atoms with Crippen molar-refractivity contribution in [1.29, 1.82) is 0 Å². The topological polar surface area (TPSA) is 30.5 Å². The van der Waals surface area contributed by atoms with E-state index < -0.39 is 5.79 Å². The molecule has 1 aromatic carbocycles. The van der Waals surface area contributed by atoms with Crippen LogP contribution in [0.15, 0.2) is 12.1 Å². The molecule has 0 bridgehead atoms. The lowest BCUT2D eigenvalue weighted by molar-refractivity contribution is -0.0431. The van der Waals surface area contributed by atoms with Crippen LogP contribution in [0.5, 0.6) is 11.5 Å². The van der Waals surface area contributed by atoms with Crippen LogP contribution in [0.25, 0.3) is 0 Å². The molecule has 1 unspecified atom stereocenters. The molecule has 0 aliphatic carbocycles. The first-order valence-corrected chi connectivity index (χ1v) is 6.85. The van der Waals surface area contributed by atoms with Crippen molar-refractivity contribution >= 4 is 11.6 Å². The van der Waals surface area contributed by atoms with E-state index in [1.807, 2.05) is 19.9 Å². The van der Waals surface area contributed by atoms with Gasteiger partial charge in [-0.3, -0.25) is 0 Å². The summed E-state index contributed by atoms with van der Waals surface area (Å²) in [5.41, 5.74) is 1.21. The minimum atomic E-state index is -0.615. The Morgan fingerprint density at radius 2 is 2.22 bits per heavy atom. The Kier molecular flexibility index (Phi) is 2.91. The highest BCUT2D eigenvalue weighted by Gasteiger charge is 2.33. The van der Waals surface area contributed by atoms with E-state index in [4.69, 9.17) is 21.1 Å². The molecule has 4 heteroatoms. The van der Waals surface area contributed by atoms with Crippen LogP contribution in [0.3, 0.4) is 0 Å². The average molecular weight is 268 g/mol. The average Bonchev–Trinajstić information content (AvgIpc) is 2.85. The van der Waals surface area contributed by atoms with E-state index in [0.29, 0.717) is 16.8 Å². The fraction of sp³-hybridized carbons (Fsp3) is 0.571. The zero-order valence-electron chi connectivity index (χ0n) is 10.8. The predicted molar refractivity (Wildman–Crippen MR) is 71.5 cm³/mol. The fourth-order valence-electron chi connectivity index (χ4n) is 2.66. The summed E-state index contributed by atoms with van der Waals surface area (Å²) in [5, 5.41) is 4.14. The maximum Gasteiger partial charge on any atom is 0.246 e. The molecule has 3 nitrogen and oxygen atoms in total. The molecule has 0 aromatic heterocycles. The second-order valence-electron chi connectivity index (χ2n) is 5.51. The van der Waals surface area contributed by atoms with Gasteiger partial charge in [-0.15, -0.1) is 0 Å². The molecule has 0 saturated carbocycles. The predicted octanol–water partition coefficient (Wildman–Crippen LogP) is 3.14. The van der Waals surface area contributed by atoms with Crippen molar-refractivity contribution in [3.8, 4) is 11.5 Å². The molecule has 18 heavy (non-hydrogen) atoms. The summed E-state index contributed by atoms with van der Waals surface area (Å²) in [7, 11) is 0. The minimum absolute atomic E-state index is 0.564. The number of ether oxygens (including phenoxy) is 2. The van der Waals surface area contributed by atoms with Crippen molar-refractivity contribution in [3.05, 3.63) is 22.7 Å². The highest BCUT2D eigenvalue weighted by atomic mass is 35.5. The van der Waals surface area contributed by atoms with Crippen LogP contribution < -0.4 is 14.8 Å². The number of benzene rings is 1. The molecule has 2 heterocycles. The first kappa shape index (κ1) is 12.1. The Bertz CT molecular complexity index is 467. The summed E-state index contributed by atoms with van der Waals surface area (Å²) in [4.78, 5) is 0. The maximum atomic E-state index is 6.26. The number of fused-ring (bicyclic) bond motifs is 1. The van der Waals surface area contributed by atoms with Crippen molar-refractivity contribution in [2.24, 2.45) is 0 Å². The lowest BCUT2D eigenvalue weighted by Gasteiger charge is -2.16. The summed E-state index contributed by atoms with van der Waals surface area (Å²) < 4.78 is 11.4. The summed E-state index contributed by atoms with van der Waals surface area (Å²) in [5.74, 6) is 0.821. The molecule has 2 aliphatic rings. The Morgan fingerprint density at radius 1 is 1.39 bits per heavy atom. The molecular formula is C14H18ClNO2. The van der Waals surface area contributed by atoms with Crippen molar-refractivity contribution < 1.29 is 9.47 Å². The second-order valence-corrected chi connectivity index (χ2v) is 5.91. The largest absolute Gasteiger partial charge is 0.449 e. The first-order valence-electron chi connectivity index (χ1n) is 6.47. The van der Waals surface area contributed by atoms with E-state index in [-0.39, 0.29) is 0 Å². The standard InChI is InChI=1S/C14H18ClNO2/c1-14(2)17-12-8-9(6-10-4-3-5-16-10)7-11(15)13(12)18-14/h7-8,10,16H,3-6H2,1-2H3. The molecule has 0 radical (unpaired) electrons. The van der Waals surface area contributed by atoms with Gasteiger partial charge in [-0.1, -0.05) is 11.6 Å². The number of rotatable bonds is 2. The highest BCUT2D eigenvalue weighted by Crippen LogP contribution is 2.45. The second kappa shape index (κ2) is 4.32. The number of hydrogen-bond donors (Lipinski definition) is 1. The summed E-state index contributed by atoms with van der Waals surface area (Å²) in [6, 6.07) is 4.61. The van der Waals surface area contributed by atoms with Gasteiger partial charge < -0.3 is 14.8 Å². The van der Waals surface area contributed by atoms with E-state index in [0.717, 1.165) is 18.7 Å². The molecule has 0 amide bonds. The maximum absolute atomic E-state index is 6.26. The van der Waals surface area contributed by atoms with Gasteiger partial charge in [0.1, 0.15) is 0 Å². The van der Waals surface area contributed by atoms with Gasteiger partial charge in [-0.25, -0.2) is 0 Å². The molecule has 0 spiro atoms. The molecule has 1 N–H and O–H groups in total. The van der Waals surface area contributed by atoms with Crippen LogP contribution in [-0.4, -0.2) is 18.4 Å². The van der Waals surface area contributed by atoms with Crippen LogP contribution in [-0.2, 0) is 6.42 Å². The van der Waals surface area contributed by atoms with E-state index in [2.05, 4.69) is 11.4 Å². The Balaban J connectivity index is 1.84. The van der Waals surface area contributed by atoms with E-state index in [1.54, 1.807) is 0 Å². The lowest BCUT2D eigenvalue weighted by Crippen LogP contribution is -2.29. The molecule has 1 atom stereocenters. The van der Waals surface area contributed by atoms with Crippen LogP contribution in [0.1, 0.15) is 32.3 Å². The van der Waals surface area contributed by atoms with Gasteiger partial charge >= 0.3 is 0 Å². The third-order valence-corrected chi connectivity index (χ3v) is 3.70. The lowest BCUT2D eigenvalue weighted by atomic mass is 10.0. The molecule has 98 valence electrons. The third kappa shape index (κ3) is 2.29. The molecule has 1 saturated heterocycles. The number of nitrogens with one attached hydrogen (secondary N) is 1. The normalized spacial score (nSPS) is 24.5. The summed E-state index contributed by atoms with van der Waals surface area (Å²) in [6.07, 6.45) is 3.49. The van der Waals surface area contributed by atoms with Gasteiger partial charge in [0.15, 0.2) is 11.5 Å². The third-order valence-electron chi connectivity index (χ3n) is 3.42. The van der Waals surface area contributed by atoms with Crippen molar-refractivity contribution in [2.45, 2.75) is 44.9 Å². The van der Waals surface area contributed by atoms with Crippen molar-refractivity contribution in [1.82, 2.24) is 5.32 Å². The Labute approximate surface area is 112 Å². The van der Waals surface area contributed by atoms with Gasteiger partial charge in [0, 0.05) is 19.9 Å². The van der Waals surface area contributed by atoms with Gasteiger partial charge in [-0.05, 0) is 43.5 Å². The Hall–Kier alpha value is -0.930. The number of halogens is 1.